The first-order valence-electron chi connectivity index (χ1n) is 8.85. The molecule has 0 bridgehead atoms. The van der Waals surface area contributed by atoms with Gasteiger partial charge in [0.05, 0.1) is 6.54 Å². The number of benzene rings is 2. The van der Waals surface area contributed by atoms with Gasteiger partial charge < -0.3 is 5.11 Å². The Labute approximate surface area is 143 Å². The maximum atomic E-state index is 11.6. The number of aryl methyl sites for hydroxylation is 2. The van der Waals surface area contributed by atoms with E-state index in [1.165, 1.54) is 29.1 Å². The van der Waals surface area contributed by atoms with E-state index in [9.17, 15) is 5.11 Å². The van der Waals surface area contributed by atoms with Gasteiger partial charge in [-0.25, -0.2) is 9.48 Å². The number of aliphatic hydroxyl groups is 1. The van der Waals surface area contributed by atoms with Crippen molar-refractivity contribution in [1.82, 2.24) is 0 Å². The largest absolute Gasteiger partial charge is 0.346 e. The fourth-order valence-electron chi connectivity index (χ4n) is 3.93. The number of anilines is 1. The first-order chi connectivity index (χ1) is 11.6. The zero-order valence-electron chi connectivity index (χ0n) is 14.5. The Hall–Kier alpha value is -2.13. The molecule has 0 saturated heterocycles. The van der Waals surface area contributed by atoms with Gasteiger partial charge in [-0.05, 0) is 38.8 Å². The molecule has 24 heavy (non-hydrogen) atoms. The molecular weight excluding hydrogens is 296 g/mol. The predicted molar refractivity (Wildman–Crippen MR) is 97.6 cm³/mol. The smallest absolute Gasteiger partial charge is 0.271 e. The van der Waals surface area contributed by atoms with Crippen molar-refractivity contribution >= 4 is 11.5 Å². The molecule has 2 heterocycles. The maximum absolute atomic E-state index is 11.6. The van der Waals surface area contributed by atoms with E-state index in [1.807, 2.05) is 0 Å². The van der Waals surface area contributed by atoms with Gasteiger partial charge in [0.15, 0.2) is 6.54 Å². The van der Waals surface area contributed by atoms with E-state index in [2.05, 4.69) is 71.9 Å². The summed E-state index contributed by atoms with van der Waals surface area (Å²) in [6.45, 7) is 5.70. The summed E-state index contributed by atoms with van der Waals surface area (Å²) in [5.74, 6) is 1.26. The summed E-state index contributed by atoms with van der Waals surface area (Å²) < 4.78 is 2.22. The summed E-state index contributed by atoms with van der Waals surface area (Å²) >= 11 is 0. The van der Waals surface area contributed by atoms with Crippen molar-refractivity contribution in [1.29, 1.82) is 0 Å². The highest BCUT2D eigenvalue weighted by Crippen LogP contribution is 2.35. The summed E-state index contributed by atoms with van der Waals surface area (Å²) in [6.07, 6.45) is 3.36. The van der Waals surface area contributed by atoms with Gasteiger partial charge in [-0.15, -0.1) is 0 Å². The first-order valence-corrected chi connectivity index (χ1v) is 8.85. The second kappa shape index (κ2) is 5.75. The number of β-amino-alcohol motifs (C(OH)–C–C–N with tert-alkyl or cyclic N) is 1. The van der Waals surface area contributed by atoms with E-state index in [-0.39, 0.29) is 0 Å². The Bertz CT molecular complexity index is 776. The van der Waals surface area contributed by atoms with E-state index >= 15 is 0 Å². The fraction of sp³-hybridized carbons (Fsp3) is 0.381. The Balaban J connectivity index is 1.78. The van der Waals surface area contributed by atoms with Crippen LogP contribution in [-0.2, 0) is 5.72 Å². The molecule has 0 unspecified atom stereocenters. The lowest BCUT2D eigenvalue weighted by Gasteiger charge is -2.24. The molecule has 3 nitrogen and oxygen atoms in total. The fourth-order valence-corrected chi connectivity index (χ4v) is 3.93. The molecule has 0 aromatic heterocycles. The van der Waals surface area contributed by atoms with Crippen molar-refractivity contribution in [2.24, 2.45) is 0 Å². The highest BCUT2D eigenvalue weighted by molar-refractivity contribution is 5.96. The molecule has 0 aliphatic carbocycles. The van der Waals surface area contributed by atoms with Crippen molar-refractivity contribution in [2.45, 2.75) is 38.8 Å². The summed E-state index contributed by atoms with van der Waals surface area (Å²) in [5.41, 5.74) is 3.71. The maximum Gasteiger partial charge on any atom is 0.271 e. The van der Waals surface area contributed by atoms with Gasteiger partial charge in [-0.2, -0.15) is 0 Å². The summed E-state index contributed by atoms with van der Waals surface area (Å²) in [4.78, 5) is 2.30. The minimum absolute atomic E-state index is 0.592. The first kappa shape index (κ1) is 15.4. The summed E-state index contributed by atoms with van der Waals surface area (Å²) in [7, 11) is 0. The zero-order valence-corrected chi connectivity index (χ0v) is 14.5. The standard InChI is InChI=1S/C21H25N2O/c1-16-6-10-18(11-7-16)21(24)15-22(19-12-8-17(2)9-13-19)20-5-3-4-14-23(20)21/h6-13,24H,3-5,14-15H2,1-2H3/q+1/t21-/m1/s1. The molecule has 0 spiro atoms. The highest BCUT2D eigenvalue weighted by atomic mass is 16.3. The van der Waals surface area contributed by atoms with Crippen molar-refractivity contribution in [3.8, 4) is 0 Å². The molecule has 4 rings (SSSR count). The lowest BCUT2D eigenvalue weighted by Crippen LogP contribution is -2.41. The van der Waals surface area contributed by atoms with Crippen LogP contribution in [0.2, 0.25) is 0 Å². The number of nitrogens with zero attached hydrogens (tertiary/aromatic N) is 2. The molecule has 0 saturated carbocycles. The number of hydrogen-bond acceptors (Lipinski definition) is 2. The molecule has 0 radical (unpaired) electrons. The van der Waals surface area contributed by atoms with E-state index in [1.54, 1.807) is 0 Å². The Morgan fingerprint density at radius 3 is 2.21 bits per heavy atom. The normalized spacial score (nSPS) is 23.5. The van der Waals surface area contributed by atoms with Crippen LogP contribution < -0.4 is 4.90 Å². The van der Waals surface area contributed by atoms with Gasteiger partial charge in [0.25, 0.3) is 11.6 Å². The molecule has 3 heteroatoms. The van der Waals surface area contributed by atoms with Crippen molar-refractivity contribution < 1.29 is 9.68 Å². The van der Waals surface area contributed by atoms with E-state index in [0.29, 0.717) is 6.54 Å². The highest BCUT2D eigenvalue weighted by Gasteiger charge is 2.52. The third-order valence-corrected chi connectivity index (χ3v) is 5.34. The minimum Gasteiger partial charge on any atom is -0.346 e. The lowest BCUT2D eigenvalue weighted by molar-refractivity contribution is -0.661. The number of hydrogen-bond donors (Lipinski definition) is 1. The van der Waals surface area contributed by atoms with Gasteiger partial charge in [-0.1, -0.05) is 47.5 Å². The van der Waals surface area contributed by atoms with Crippen molar-refractivity contribution in [2.75, 3.05) is 18.0 Å². The van der Waals surface area contributed by atoms with Crippen molar-refractivity contribution in [3.63, 3.8) is 0 Å². The lowest BCUT2D eigenvalue weighted by atomic mass is 10.0. The molecule has 1 atom stereocenters. The van der Waals surface area contributed by atoms with E-state index in [0.717, 1.165) is 24.9 Å². The van der Waals surface area contributed by atoms with Gasteiger partial charge in [-0.3, -0.25) is 0 Å². The molecule has 0 amide bonds. The quantitative estimate of drug-likeness (QED) is 0.856. The van der Waals surface area contributed by atoms with Crippen molar-refractivity contribution in [3.05, 3.63) is 65.2 Å². The second-order valence-electron chi connectivity index (χ2n) is 7.13. The molecule has 2 aliphatic rings. The second-order valence-corrected chi connectivity index (χ2v) is 7.13. The van der Waals surface area contributed by atoms with Crippen LogP contribution in [0.25, 0.3) is 0 Å². The van der Waals surface area contributed by atoms with Gasteiger partial charge in [0.1, 0.15) is 5.69 Å². The minimum atomic E-state index is -0.936. The Morgan fingerprint density at radius 2 is 1.54 bits per heavy atom. The van der Waals surface area contributed by atoms with Crippen LogP contribution in [0.5, 0.6) is 0 Å². The topological polar surface area (TPSA) is 26.5 Å². The molecule has 124 valence electrons. The van der Waals surface area contributed by atoms with Crippen LogP contribution in [0.1, 0.15) is 36.0 Å². The van der Waals surface area contributed by atoms with Crippen LogP contribution in [0.15, 0.2) is 48.5 Å². The van der Waals surface area contributed by atoms with Gasteiger partial charge in [0.2, 0.25) is 0 Å². The number of rotatable bonds is 2. The third kappa shape index (κ3) is 2.44. The monoisotopic (exact) mass is 321 g/mol. The van der Waals surface area contributed by atoms with E-state index < -0.39 is 5.72 Å². The van der Waals surface area contributed by atoms with Crippen LogP contribution in [0.3, 0.4) is 0 Å². The van der Waals surface area contributed by atoms with Gasteiger partial charge in [0, 0.05) is 12.0 Å². The average Bonchev–Trinajstić information content (AvgIpc) is 2.91. The third-order valence-electron chi connectivity index (χ3n) is 5.34. The SMILES string of the molecule is Cc1ccc(N2C[C@@](O)(c3ccc(C)cc3)[N+]3=C2CCCC3)cc1. The Kier molecular flexibility index (Phi) is 3.69. The molecule has 2 aromatic carbocycles. The molecule has 1 N–H and O–H groups in total. The van der Waals surface area contributed by atoms with E-state index in [4.69, 9.17) is 0 Å². The average molecular weight is 321 g/mol. The molecular formula is C21H25N2O+. The molecule has 2 aromatic rings. The summed E-state index contributed by atoms with van der Waals surface area (Å²) in [5, 5.41) is 11.6. The van der Waals surface area contributed by atoms with Crippen LogP contribution in [0.4, 0.5) is 5.69 Å². The van der Waals surface area contributed by atoms with Crippen LogP contribution in [0, 0.1) is 13.8 Å². The van der Waals surface area contributed by atoms with Gasteiger partial charge >= 0.3 is 0 Å². The predicted octanol–water partition coefficient (Wildman–Crippen LogP) is 3.56. The molecule has 2 aliphatic heterocycles. The molecule has 0 fully saturated rings. The van der Waals surface area contributed by atoms with Crippen LogP contribution in [-0.4, -0.2) is 28.6 Å². The Morgan fingerprint density at radius 1 is 0.917 bits per heavy atom. The van der Waals surface area contributed by atoms with Crippen LogP contribution >= 0.6 is 0 Å². The zero-order chi connectivity index (χ0) is 16.7. The summed E-state index contributed by atoms with van der Waals surface area (Å²) in [6, 6.07) is 16.9. The number of amidine groups is 1.